The molecule has 2 aliphatic heterocycles. The van der Waals surface area contributed by atoms with E-state index in [0.29, 0.717) is 48.1 Å². The third-order valence-electron chi connectivity index (χ3n) is 8.26. The molecule has 194 valence electrons. The van der Waals surface area contributed by atoms with Crippen molar-refractivity contribution in [3.8, 4) is 6.07 Å². The fraction of sp³-hybridized carbons (Fsp3) is 0.519. The first-order valence-electron chi connectivity index (χ1n) is 13.0. The highest BCUT2D eigenvalue weighted by Crippen LogP contribution is 2.43. The lowest BCUT2D eigenvalue weighted by Crippen LogP contribution is -2.53. The lowest BCUT2D eigenvalue weighted by Gasteiger charge is -2.28. The second-order valence-corrected chi connectivity index (χ2v) is 10.4. The van der Waals surface area contributed by atoms with Crippen LogP contribution in [0.2, 0.25) is 0 Å². The number of carbonyl (C=O) groups excluding carboxylic acids is 4. The van der Waals surface area contributed by atoms with Gasteiger partial charge in [0.2, 0.25) is 11.8 Å². The van der Waals surface area contributed by atoms with Crippen molar-refractivity contribution >= 4 is 34.4 Å². The summed E-state index contributed by atoms with van der Waals surface area (Å²) < 4.78 is 0. The number of ketones is 1. The van der Waals surface area contributed by atoms with Crippen LogP contribution in [0, 0.1) is 29.1 Å². The van der Waals surface area contributed by atoms with Crippen molar-refractivity contribution in [2.45, 2.75) is 50.6 Å². The molecule has 5 atom stereocenters. The molecule has 2 saturated heterocycles. The number of likely N-dealkylation sites (tertiary alicyclic amines) is 1. The van der Waals surface area contributed by atoms with E-state index in [0.717, 1.165) is 19.3 Å². The Bertz CT molecular complexity index is 1280. The number of aromatic nitrogens is 1. The van der Waals surface area contributed by atoms with Crippen LogP contribution >= 0.6 is 0 Å². The van der Waals surface area contributed by atoms with Gasteiger partial charge in [-0.05, 0) is 62.1 Å². The maximum absolute atomic E-state index is 13.7. The maximum Gasteiger partial charge on any atom is 0.271 e. The van der Waals surface area contributed by atoms with E-state index >= 15 is 0 Å². The number of amides is 3. The molecule has 0 radical (unpaired) electrons. The highest BCUT2D eigenvalue weighted by atomic mass is 16.3. The van der Waals surface area contributed by atoms with Gasteiger partial charge in [-0.3, -0.25) is 19.2 Å². The molecular formula is C27H31N5O5. The predicted molar refractivity (Wildman–Crippen MR) is 133 cm³/mol. The normalized spacial score (nSPS) is 25.5. The number of rotatable bonds is 8. The molecule has 10 heteroatoms. The zero-order valence-electron chi connectivity index (χ0n) is 20.5. The van der Waals surface area contributed by atoms with Gasteiger partial charge < -0.3 is 25.6 Å². The average Bonchev–Trinajstić information content (AvgIpc) is 3.68. The molecule has 5 rings (SSSR count). The Morgan fingerprint density at radius 1 is 1.24 bits per heavy atom. The standard InChI is InChI=1S/C27H31N5O5/c28-12-16-3-2-6-20-19(16)11-22(30-20)27(37)32-13-17-4-1-5-18(17)24(32)26(36)31-21(23(34)14-33)8-7-15-9-10-29-25(15)35/h2-3,6,11,15,17-18,21,24,30,33H,1,4-5,7-10,13-14H2,(H,29,35)(H,31,36)/t15-,17+,18+,21+,24+/m1/s1. The number of aliphatic hydroxyl groups is 1. The number of carbonyl (C=O) groups is 4. The van der Waals surface area contributed by atoms with E-state index in [1.807, 2.05) is 0 Å². The van der Waals surface area contributed by atoms with Crippen molar-refractivity contribution in [1.29, 1.82) is 5.26 Å². The first kappa shape index (κ1) is 25.0. The first-order chi connectivity index (χ1) is 17.9. The summed E-state index contributed by atoms with van der Waals surface area (Å²) in [5.41, 5.74) is 1.44. The van der Waals surface area contributed by atoms with Crippen molar-refractivity contribution in [1.82, 2.24) is 20.5 Å². The van der Waals surface area contributed by atoms with Crippen LogP contribution in [0.4, 0.5) is 0 Å². The van der Waals surface area contributed by atoms with Gasteiger partial charge in [-0.15, -0.1) is 0 Å². The summed E-state index contributed by atoms with van der Waals surface area (Å²) in [4.78, 5) is 56.4. The summed E-state index contributed by atoms with van der Waals surface area (Å²) in [6.45, 7) is 0.334. The molecule has 2 aromatic rings. The minimum atomic E-state index is -0.922. The number of fused-ring (bicyclic) bond motifs is 2. The first-order valence-corrected chi connectivity index (χ1v) is 13.0. The number of benzene rings is 1. The number of hydrogen-bond donors (Lipinski definition) is 4. The second-order valence-electron chi connectivity index (χ2n) is 10.4. The minimum absolute atomic E-state index is 0.00603. The molecule has 0 bridgehead atoms. The summed E-state index contributed by atoms with van der Waals surface area (Å²) in [5.74, 6) is -1.30. The van der Waals surface area contributed by atoms with Gasteiger partial charge in [0.1, 0.15) is 18.3 Å². The lowest BCUT2D eigenvalue weighted by molar-refractivity contribution is -0.132. The van der Waals surface area contributed by atoms with Crippen LogP contribution in [-0.2, 0) is 14.4 Å². The molecule has 3 heterocycles. The molecule has 4 N–H and O–H groups in total. The molecule has 0 unspecified atom stereocenters. The van der Waals surface area contributed by atoms with Crippen LogP contribution in [-0.4, -0.2) is 70.3 Å². The number of H-pyrrole nitrogens is 1. The van der Waals surface area contributed by atoms with Gasteiger partial charge in [0.15, 0.2) is 5.78 Å². The highest BCUT2D eigenvalue weighted by Gasteiger charge is 2.50. The minimum Gasteiger partial charge on any atom is -0.389 e. The third-order valence-corrected chi connectivity index (χ3v) is 8.26. The molecule has 1 aliphatic carbocycles. The highest BCUT2D eigenvalue weighted by molar-refractivity contribution is 6.02. The van der Waals surface area contributed by atoms with E-state index in [4.69, 9.17) is 0 Å². The molecule has 1 saturated carbocycles. The largest absolute Gasteiger partial charge is 0.389 e. The smallest absolute Gasteiger partial charge is 0.271 e. The van der Waals surface area contributed by atoms with Crippen LogP contribution in [0.5, 0.6) is 0 Å². The monoisotopic (exact) mass is 505 g/mol. The summed E-state index contributed by atoms with van der Waals surface area (Å²) in [6, 6.07) is 7.37. The Hall–Kier alpha value is -3.71. The number of nitriles is 1. The van der Waals surface area contributed by atoms with Crippen molar-refractivity contribution in [2.75, 3.05) is 19.7 Å². The predicted octanol–water partition coefficient (Wildman–Crippen LogP) is 1.24. The van der Waals surface area contributed by atoms with Crippen molar-refractivity contribution in [2.24, 2.45) is 17.8 Å². The molecule has 1 aromatic heterocycles. The van der Waals surface area contributed by atoms with E-state index in [1.54, 1.807) is 29.2 Å². The van der Waals surface area contributed by atoms with Crippen molar-refractivity contribution < 1.29 is 24.3 Å². The number of hydrogen-bond acceptors (Lipinski definition) is 6. The van der Waals surface area contributed by atoms with Gasteiger partial charge >= 0.3 is 0 Å². The van der Waals surface area contributed by atoms with E-state index in [2.05, 4.69) is 21.7 Å². The Labute approximate surface area is 214 Å². The zero-order chi connectivity index (χ0) is 26.1. The van der Waals surface area contributed by atoms with Gasteiger partial charge in [0.25, 0.3) is 5.91 Å². The summed E-state index contributed by atoms with van der Waals surface area (Å²) in [6.07, 6.45) is 4.08. The van der Waals surface area contributed by atoms with Crippen molar-refractivity contribution in [3.63, 3.8) is 0 Å². The van der Waals surface area contributed by atoms with Crippen LogP contribution in [0.15, 0.2) is 24.3 Å². The number of nitrogens with zero attached hydrogens (tertiary/aromatic N) is 2. The molecule has 37 heavy (non-hydrogen) atoms. The number of Topliss-reactive ketones (excluding diaryl/α,β-unsaturated/α-hetero) is 1. The molecule has 3 fully saturated rings. The zero-order valence-corrected chi connectivity index (χ0v) is 20.5. The second kappa shape index (κ2) is 10.3. The van der Waals surface area contributed by atoms with Crippen LogP contribution in [0.3, 0.4) is 0 Å². The van der Waals surface area contributed by atoms with Gasteiger partial charge in [-0.25, -0.2) is 0 Å². The van der Waals surface area contributed by atoms with Crippen LogP contribution in [0.25, 0.3) is 10.9 Å². The Kier molecular flexibility index (Phi) is 6.98. The summed E-state index contributed by atoms with van der Waals surface area (Å²) >= 11 is 0. The summed E-state index contributed by atoms with van der Waals surface area (Å²) in [5, 5.41) is 25.2. The quantitative estimate of drug-likeness (QED) is 0.423. The van der Waals surface area contributed by atoms with Crippen molar-refractivity contribution in [3.05, 3.63) is 35.5 Å². The number of nitrogens with one attached hydrogen (secondary N) is 3. The molecule has 3 aliphatic rings. The van der Waals surface area contributed by atoms with E-state index in [-0.39, 0.29) is 36.0 Å². The molecule has 0 spiro atoms. The van der Waals surface area contributed by atoms with Crippen LogP contribution in [0.1, 0.15) is 54.6 Å². The molecule has 10 nitrogen and oxygen atoms in total. The molecular weight excluding hydrogens is 474 g/mol. The summed E-state index contributed by atoms with van der Waals surface area (Å²) in [7, 11) is 0. The van der Waals surface area contributed by atoms with E-state index in [9.17, 15) is 29.5 Å². The SMILES string of the molecule is N#Cc1cccc2[nH]c(C(=O)N3C[C@@H]4CCC[C@@H]4[C@H]3C(=O)N[C@@H](CC[C@@H]3CCNC3=O)C(=O)CO)cc12. The van der Waals surface area contributed by atoms with E-state index < -0.39 is 30.4 Å². The van der Waals surface area contributed by atoms with Gasteiger partial charge in [-0.1, -0.05) is 12.5 Å². The van der Waals surface area contributed by atoms with Gasteiger partial charge in [-0.2, -0.15) is 5.26 Å². The topological polar surface area (TPSA) is 155 Å². The van der Waals surface area contributed by atoms with Crippen LogP contribution < -0.4 is 10.6 Å². The number of aromatic amines is 1. The fourth-order valence-electron chi connectivity index (χ4n) is 6.34. The molecule has 3 amide bonds. The lowest BCUT2D eigenvalue weighted by atomic mass is 9.92. The molecule has 1 aromatic carbocycles. The maximum atomic E-state index is 13.7. The van der Waals surface area contributed by atoms with Gasteiger partial charge in [0.05, 0.1) is 17.7 Å². The Morgan fingerprint density at radius 3 is 2.81 bits per heavy atom. The van der Waals surface area contributed by atoms with Gasteiger partial charge in [0, 0.05) is 29.9 Å². The third kappa shape index (κ3) is 4.71. The van der Waals surface area contributed by atoms with E-state index in [1.165, 1.54) is 0 Å². The fourth-order valence-corrected chi connectivity index (χ4v) is 6.34. The number of aliphatic hydroxyl groups excluding tert-OH is 1. The Balaban J connectivity index is 1.36. The average molecular weight is 506 g/mol. The Morgan fingerprint density at radius 2 is 2.08 bits per heavy atom.